The van der Waals surface area contributed by atoms with Gasteiger partial charge in [0.05, 0.1) is 44.9 Å². The second-order valence-corrected chi connectivity index (χ2v) is 16.9. The average Bonchev–Trinajstić information content (AvgIpc) is 3.70. The molecule has 2 fully saturated rings. The molecular weight excluding hydrogens is 650 g/mol. The van der Waals surface area contributed by atoms with Crippen molar-refractivity contribution in [3.8, 4) is 0 Å². The van der Waals surface area contributed by atoms with Crippen LogP contribution in [-0.2, 0) is 28.2 Å². The zero-order chi connectivity index (χ0) is 37.6. The number of rotatable bonds is 14. The molecule has 0 N–H and O–H groups in total. The summed E-state index contributed by atoms with van der Waals surface area (Å²) in [7, 11) is -0.998. The van der Waals surface area contributed by atoms with E-state index in [9.17, 15) is 9.59 Å². The zero-order valence-electron chi connectivity index (χ0n) is 33.2. The SMILES string of the molecule is CCCCCCN1C(=O)C2=C(c3ccc(B4OC(C)(C)C(C)(C)O4)cc3)N(CCCCCC)C(=O)C2=C1c1ccc(B2OC(C)(C)C(C)(C)O2)cc1. The predicted molar refractivity (Wildman–Crippen MR) is 210 cm³/mol. The van der Waals surface area contributed by atoms with Gasteiger partial charge < -0.3 is 28.4 Å². The highest BCUT2D eigenvalue weighted by Gasteiger charge is 2.53. The maximum Gasteiger partial charge on any atom is 0.494 e. The number of unbranched alkanes of at least 4 members (excludes halogenated alkanes) is 6. The standard InChI is InChI=1S/C42H58B2N2O6/c1-11-13-15-17-27-45-35(29-19-23-31(24-20-29)43-49-39(3,4)40(5,6)50-43)33-34(37(45)47)36(46(38(33)48)28-18-16-14-12-2)30-21-25-32(26-22-30)44-51-41(7,8)42(9,10)52-44/h19-26H,11-18,27-28H2,1-10H3. The van der Waals surface area contributed by atoms with Crippen molar-refractivity contribution in [2.24, 2.45) is 0 Å². The van der Waals surface area contributed by atoms with E-state index < -0.39 is 36.6 Å². The summed E-state index contributed by atoms with van der Waals surface area (Å²) >= 11 is 0. The lowest BCUT2D eigenvalue weighted by atomic mass is 9.78. The molecule has 2 aromatic rings. The second-order valence-electron chi connectivity index (χ2n) is 16.9. The van der Waals surface area contributed by atoms with E-state index in [0.717, 1.165) is 73.4 Å². The summed E-state index contributed by atoms with van der Waals surface area (Å²) in [5, 5.41) is 0. The normalized spacial score (nSPS) is 21.7. The van der Waals surface area contributed by atoms with Crippen LogP contribution in [0.3, 0.4) is 0 Å². The number of hydrogen-bond donors (Lipinski definition) is 0. The van der Waals surface area contributed by atoms with Gasteiger partial charge in [0.1, 0.15) is 0 Å². The van der Waals surface area contributed by atoms with Crippen molar-refractivity contribution in [3.05, 3.63) is 70.8 Å². The van der Waals surface area contributed by atoms with Crippen LogP contribution in [0.1, 0.15) is 132 Å². The van der Waals surface area contributed by atoms with Crippen LogP contribution in [0, 0.1) is 0 Å². The number of benzene rings is 2. The highest BCUT2D eigenvalue weighted by atomic mass is 16.7. The van der Waals surface area contributed by atoms with E-state index in [-0.39, 0.29) is 11.8 Å². The Morgan fingerprint density at radius 3 is 1.08 bits per heavy atom. The third kappa shape index (κ3) is 6.97. The number of hydrogen-bond acceptors (Lipinski definition) is 6. The summed E-state index contributed by atoms with van der Waals surface area (Å²) in [4.78, 5) is 33.1. The van der Waals surface area contributed by atoms with E-state index in [2.05, 4.69) is 13.8 Å². The first-order chi connectivity index (χ1) is 24.5. The molecule has 10 heteroatoms. The molecule has 4 aliphatic rings. The fraction of sp³-hybridized carbons (Fsp3) is 0.571. The maximum absolute atomic E-state index is 14.7. The minimum atomic E-state index is -0.499. The summed E-state index contributed by atoms with van der Waals surface area (Å²) in [5.41, 5.74) is 4.07. The predicted octanol–water partition coefficient (Wildman–Crippen LogP) is 7.25. The molecule has 0 aromatic heterocycles. The first-order valence-electron chi connectivity index (χ1n) is 19.6. The Morgan fingerprint density at radius 2 is 0.788 bits per heavy atom. The Morgan fingerprint density at radius 1 is 0.481 bits per heavy atom. The number of carbonyl (C=O) groups excluding carboxylic acids is 2. The highest BCUT2D eigenvalue weighted by Crippen LogP contribution is 2.47. The van der Waals surface area contributed by atoms with Gasteiger partial charge in [0.2, 0.25) is 0 Å². The molecule has 2 aromatic carbocycles. The van der Waals surface area contributed by atoms with Crippen LogP contribution in [0.2, 0.25) is 0 Å². The van der Waals surface area contributed by atoms with Gasteiger partial charge in [-0.1, -0.05) is 101 Å². The largest absolute Gasteiger partial charge is 0.494 e. The molecule has 0 radical (unpaired) electrons. The lowest BCUT2D eigenvalue weighted by molar-refractivity contribution is -0.124. The van der Waals surface area contributed by atoms with E-state index in [0.29, 0.717) is 35.6 Å². The van der Waals surface area contributed by atoms with Gasteiger partial charge in [-0.25, -0.2) is 0 Å². The fourth-order valence-corrected chi connectivity index (χ4v) is 7.37. The zero-order valence-corrected chi connectivity index (χ0v) is 33.2. The smallest absolute Gasteiger partial charge is 0.399 e. The molecule has 0 unspecified atom stereocenters. The molecular formula is C42H58B2N2O6. The molecule has 8 nitrogen and oxygen atoms in total. The fourth-order valence-electron chi connectivity index (χ4n) is 7.37. The van der Waals surface area contributed by atoms with E-state index >= 15 is 0 Å². The molecule has 0 aliphatic carbocycles. The van der Waals surface area contributed by atoms with Crippen LogP contribution >= 0.6 is 0 Å². The molecule has 278 valence electrons. The lowest BCUT2D eigenvalue weighted by Gasteiger charge is -2.32. The Balaban J connectivity index is 1.41. The minimum absolute atomic E-state index is 0.106. The van der Waals surface area contributed by atoms with Crippen molar-refractivity contribution >= 4 is 48.4 Å². The van der Waals surface area contributed by atoms with Crippen molar-refractivity contribution < 1.29 is 28.2 Å². The van der Waals surface area contributed by atoms with Crippen LogP contribution in [0.15, 0.2) is 59.7 Å². The van der Waals surface area contributed by atoms with Crippen molar-refractivity contribution in [3.63, 3.8) is 0 Å². The Labute approximate surface area is 312 Å². The molecule has 2 amide bonds. The molecule has 4 heterocycles. The molecule has 2 saturated heterocycles. The van der Waals surface area contributed by atoms with Gasteiger partial charge in [-0.15, -0.1) is 0 Å². The first-order valence-corrected chi connectivity index (χ1v) is 19.6. The van der Waals surface area contributed by atoms with Gasteiger partial charge in [-0.2, -0.15) is 0 Å². The molecule has 0 saturated carbocycles. The summed E-state index contributed by atoms with van der Waals surface area (Å²) in [6.07, 6.45) is 8.18. The van der Waals surface area contributed by atoms with Gasteiger partial charge in [0, 0.05) is 13.1 Å². The van der Waals surface area contributed by atoms with E-state index in [4.69, 9.17) is 18.6 Å². The minimum Gasteiger partial charge on any atom is -0.399 e. The van der Waals surface area contributed by atoms with Crippen molar-refractivity contribution in [2.45, 2.75) is 143 Å². The lowest BCUT2D eigenvalue weighted by Crippen LogP contribution is -2.41. The third-order valence-corrected chi connectivity index (χ3v) is 12.1. The molecule has 52 heavy (non-hydrogen) atoms. The summed E-state index contributed by atoms with van der Waals surface area (Å²) in [6.45, 7) is 21.8. The van der Waals surface area contributed by atoms with E-state index in [1.807, 2.05) is 114 Å². The van der Waals surface area contributed by atoms with E-state index in [1.165, 1.54) is 0 Å². The molecule has 0 bridgehead atoms. The topological polar surface area (TPSA) is 77.5 Å². The molecule has 6 rings (SSSR count). The molecule has 0 spiro atoms. The maximum atomic E-state index is 14.7. The van der Waals surface area contributed by atoms with Crippen molar-refractivity contribution in [2.75, 3.05) is 13.1 Å². The highest BCUT2D eigenvalue weighted by molar-refractivity contribution is 6.62. The third-order valence-electron chi connectivity index (χ3n) is 12.1. The Hall–Kier alpha value is -3.17. The second kappa shape index (κ2) is 14.6. The summed E-state index contributed by atoms with van der Waals surface area (Å²) < 4.78 is 25.3. The van der Waals surface area contributed by atoms with E-state index in [1.54, 1.807) is 0 Å². The number of amides is 2. The molecule has 0 atom stereocenters. The summed E-state index contributed by atoms with van der Waals surface area (Å²) in [6, 6.07) is 16.0. The number of nitrogens with zero attached hydrogens (tertiary/aromatic N) is 2. The average molecular weight is 709 g/mol. The number of fused-ring (bicyclic) bond motifs is 1. The quantitative estimate of drug-likeness (QED) is 0.152. The van der Waals surface area contributed by atoms with Gasteiger partial charge >= 0.3 is 14.2 Å². The van der Waals surface area contributed by atoms with Crippen LogP contribution in [0.25, 0.3) is 11.4 Å². The van der Waals surface area contributed by atoms with Crippen LogP contribution in [-0.4, -0.2) is 71.3 Å². The van der Waals surface area contributed by atoms with Gasteiger partial charge in [-0.3, -0.25) is 9.59 Å². The Kier molecular flexibility index (Phi) is 10.8. The molecule has 4 aliphatic heterocycles. The van der Waals surface area contributed by atoms with Crippen molar-refractivity contribution in [1.29, 1.82) is 0 Å². The monoisotopic (exact) mass is 708 g/mol. The van der Waals surface area contributed by atoms with Gasteiger partial charge in [0.15, 0.2) is 0 Å². The van der Waals surface area contributed by atoms with Gasteiger partial charge in [0.25, 0.3) is 11.8 Å². The van der Waals surface area contributed by atoms with Crippen LogP contribution in [0.5, 0.6) is 0 Å². The summed E-state index contributed by atoms with van der Waals surface area (Å²) in [5.74, 6) is -0.211. The number of carbonyl (C=O) groups is 2. The van der Waals surface area contributed by atoms with Gasteiger partial charge in [-0.05, 0) is 90.3 Å². The van der Waals surface area contributed by atoms with Crippen LogP contribution in [0.4, 0.5) is 0 Å². The first kappa shape index (κ1) is 38.6. The Bertz CT molecular complexity index is 1570. The van der Waals surface area contributed by atoms with Crippen LogP contribution < -0.4 is 10.9 Å². The van der Waals surface area contributed by atoms with Crippen molar-refractivity contribution in [1.82, 2.24) is 9.80 Å².